The van der Waals surface area contributed by atoms with Gasteiger partial charge < -0.3 is 29.5 Å². The highest BCUT2D eigenvalue weighted by molar-refractivity contribution is 5.89. The number of carboxylic acids is 3. The molecule has 0 aliphatic carbocycles. The second kappa shape index (κ2) is 31.7. The first-order valence-corrected chi connectivity index (χ1v) is 28.9. The van der Waals surface area contributed by atoms with Crippen molar-refractivity contribution in [3.8, 4) is 17.2 Å². The number of carboxylic acid groups (broad SMARTS) is 3. The Kier molecular flexibility index (Phi) is 26.3. The second-order valence-electron chi connectivity index (χ2n) is 23.0. The Labute approximate surface area is 452 Å². The van der Waals surface area contributed by atoms with Crippen molar-refractivity contribution in [3.05, 3.63) is 121 Å². The van der Waals surface area contributed by atoms with Gasteiger partial charge in [-0.05, 0) is 179 Å². The molecule has 0 amide bonds. The maximum absolute atomic E-state index is 12.6. The van der Waals surface area contributed by atoms with Gasteiger partial charge >= 0.3 is 17.9 Å². The Morgan fingerprint density at radius 1 is 0.373 bits per heavy atom. The van der Waals surface area contributed by atoms with Crippen LogP contribution in [-0.2, 0) is 38.5 Å². The average Bonchev–Trinajstić information content (AvgIpc) is 3.35. The smallest absolute Gasteiger partial charge is 0.335 e. The van der Waals surface area contributed by atoms with Gasteiger partial charge in [-0.3, -0.25) is 0 Å². The number of benzene rings is 4. The van der Waals surface area contributed by atoms with Gasteiger partial charge in [0, 0.05) is 19.3 Å². The van der Waals surface area contributed by atoms with E-state index in [9.17, 15) is 29.7 Å². The molecule has 4 aromatic carbocycles. The quantitative estimate of drug-likeness (QED) is 0.0406. The fraction of sp³-hybridized carbons (Fsp3) is 0.591. The van der Waals surface area contributed by atoms with Crippen LogP contribution < -0.4 is 14.2 Å². The molecule has 0 fully saturated rings. The average molecular weight is 1030 g/mol. The van der Waals surface area contributed by atoms with Gasteiger partial charge in [-0.15, -0.1) is 0 Å². The first-order chi connectivity index (χ1) is 35.8. The SMILES string of the molecule is CCc1c(Cc2cc(C(=O)O)ccc2OCC[C@@H](C)CCCC(C)C)c(CC)c(Cc2cc(C(=O)O)ccc2OCC[C@@H](C)CCCC(C)C)c(CC)c1Cc1cc(C(=O)O)ccc1OCC[C@@H](C)CCCC(C)C. The third-order valence-corrected chi connectivity index (χ3v) is 15.3. The van der Waals surface area contributed by atoms with Crippen LogP contribution in [0.2, 0.25) is 0 Å². The zero-order valence-corrected chi connectivity index (χ0v) is 48.3. The molecular weight excluding hydrogens is 937 g/mol. The van der Waals surface area contributed by atoms with Crippen molar-refractivity contribution in [3.63, 3.8) is 0 Å². The van der Waals surface area contributed by atoms with Crippen molar-refractivity contribution in [2.24, 2.45) is 35.5 Å². The van der Waals surface area contributed by atoms with E-state index in [1.54, 1.807) is 54.6 Å². The van der Waals surface area contributed by atoms with Crippen LogP contribution in [0.3, 0.4) is 0 Å². The largest absolute Gasteiger partial charge is 0.493 e. The molecule has 0 bridgehead atoms. The third kappa shape index (κ3) is 20.0. The molecule has 0 saturated carbocycles. The highest BCUT2D eigenvalue weighted by atomic mass is 16.5. The second-order valence-corrected chi connectivity index (χ2v) is 23.0. The highest BCUT2D eigenvalue weighted by Crippen LogP contribution is 2.39. The van der Waals surface area contributed by atoms with Gasteiger partial charge in [-0.1, -0.05) is 141 Å². The van der Waals surface area contributed by atoms with Crippen LogP contribution >= 0.6 is 0 Å². The molecule has 414 valence electrons. The molecule has 0 unspecified atom stereocenters. The molecule has 3 atom stereocenters. The molecule has 0 spiro atoms. The van der Waals surface area contributed by atoms with E-state index in [-0.39, 0.29) is 16.7 Å². The van der Waals surface area contributed by atoms with Crippen LogP contribution in [-0.4, -0.2) is 53.0 Å². The molecule has 0 aliphatic rings. The molecule has 9 nitrogen and oxygen atoms in total. The summed E-state index contributed by atoms with van der Waals surface area (Å²) >= 11 is 0. The number of aromatic carboxylic acids is 3. The predicted molar refractivity (Wildman–Crippen MR) is 307 cm³/mol. The first kappa shape index (κ1) is 62.2. The first-order valence-electron chi connectivity index (χ1n) is 28.9. The normalized spacial score (nSPS) is 12.8. The highest BCUT2D eigenvalue weighted by Gasteiger charge is 2.26. The minimum atomic E-state index is -1.01. The maximum Gasteiger partial charge on any atom is 0.335 e. The standard InChI is InChI=1S/C66H96O9/c1-13-55-58(40-52-37-49(64(67)68)25-28-61(52)73-34-31-46(10)22-16-19-43(4)5)56(14-2)60(42-54-39-51(66(71)72)27-30-63(54)75-36-33-48(12)24-18-21-45(8)9)57(15-3)59(55)41-53-38-50(65(69)70)26-29-62(53)74-35-32-47(11)23-17-20-44(6)7/h25-30,37-39,43-48H,13-24,31-36,40-42H2,1-12H3,(H,67,68)(H,69,70)(H,71,72)/t46-,47-,48-/m0/s1. The summed E-state index contributed by atoms with van der Waals surface area (Å²) in [6.45, 7) is 28.4. The summed E-state index contributed by atoms with van der Waals surface area (Å²) in [6.07, 6.45) is 16.3. The summed E-state index contributed by atoms with van der Waals surface area (Å²) < 4.78 is 19.9. The minimum absolute atomic E-state index is 0.184. The summed E-state index contributed by atoms with van der Waals surface area (Å²) in [5, 5.41) is 31.0. The van der Waals surface area contributed by atoms with Crippen molar-refractivity contribution in [2.75, 3.05) is 19.8 Å². The fourth-order valence-electron chi connectivity index (χ4n) is 10.7. The van der Waals surface area contributed by atoms with Gasteiger partial charge in [-0.25, -0.2) is 14.4 Å². The molecule has 9 heteroatoms. The van der Waals surface area contributed by atoms with E-state index < -0.39 is 17.9 Å². The molecule has 0 aliphatic heterocycles. The molecule has 75 heavy (non-hydrogen) atoms. The van der Waals surface area contributed by atoms with E-state index in [4.69, 9.17) is 14.2 Å². The van der Waals surface area contributed by atoms with Crippen LogP contribution in [0.1, 0.15) is 241 Å². The molecule has 4 aromatic rings. The molecule has 0 saturated heterocycles. The van der Waals surface area contributed by atoms with E-state index in [1.165, 1.54) is 38.5 Å². The van der Waals surface area contributed by atoms with Crippen molar-refractivity contribution in [1.82, 2.24) is 0 Å². The van der Waals surface area contributed by atoms with Crippen molar-refractivity contribution in [1.29, 1.82) is 0 Å². The van der Waals surface area contributed by atoms with Crippen LogP contribution in [0, 0.1) is 35.5 Å². The van der Waals surface area contributed by atoms with Gasteiger partial charge in [0.15, 0.2) is 0 Å². The number of hydrogen-bond donors (Lipinski definition) is 3. The summed E-state index contributed by atoms with van der Waals surface area (Å²) in [6, 6.07) is 15.6. The zero-order chi connectivity index (χ0) is 55.2. The lowest BCUT2D eigenvalue weighted by molar-refractivity contribution is 0.0686. The van der Waals surface area contributed by atoms with Gasteiger partial charge in [-0.2, -0.15) is 0 Å². The maximum atomic E-state index is 12.6. The van der Waals surface area contributed by atoms with Crippen LogP contribution in [0.15, 0.2) is 54.6 Å². The topological polar surface area (TPSA) is 140 Å². The zero-order valence-electron chi connectivity index (χ0n) is 48.3. The van der Waals surface area contributed by atoms with Gasteiger partial charge in [0.25, 0.3) is 0 Å². The Bertz CT molecular complexity index is 2140. The third-order valence-electron chi connectivity index (χ3n) is 15.3. The monoisotopic (exact) mass is 1030 g/mol. The van der Waals surface area contributed by atoms with Crippen molar-refractivity contribution < 1.29 is 43.9 Å². The Morgan fingerprint density at radius 3 is 0.840 bits per heavy atom. The predicted octanol–water partition coefficient (Wildman–Crippen LogP) is 16.9. The Morgan fingerprint density at radius 2 is 0.627 bits per heavy atom. The molecular formula is C66H96O9. The van der Waals surface area contributed by atoms with Crippen molar-refractivity contribution >= 4 is 17.9 Å². The summed E-state index contributed by atoms with van der Waals surface area (Å²) in [5.41, 5.74) is 9.53. The lowest BCUT2D eigenvalue weighted by atomic mass is 9.77. The molecule has 3 N–H and O–H groups in total. The van der Waals surface area contributed by atoms with E-state index in [1.807, 2.05) is 0 Å². The summed E-state index contributed by atoms with van der Waals surface area (Å²) in [7, 11) is 0. The van der Waals surface area contributed by atoms with Crippen molar-refractivity contribution in [2.45, 2.75) is 199 Å². The summed E-state index contributed by atoms with van der Waals surface area (Å²) in [5.74, 6) is 2.38. The number of hydrogen-bond acceptors (Lipinski definition) is 6. The number of carbonyl (C=O) groups is 3. The Balaban J connectivity index is 1.94. The summed E-state index contributed by atoms with van der Waals surface area (Å²) in [4.78, 5) is 37.9. The van der Waals surface area contributed by atoms with E-state index in [0.29, 0.717) is 111 Å². The van der Waals surface area contributed by atoms with Crippen LogP contribution in [0.4, 0.5) is 0 Å². The molecule has 0 heterocycles. The molecule has 4 rings (SSSR count). The lowest BCUT2D eigenvalue weighted by Gasteiger charge is -2.28. The van der Waals surface area contributed by atoms with Gasteiger partial charge in [0.2, 0.25) is 0 Å². The Hall–Kier alpha value is -5.31. The fourth-order valence-corrected chi connectivity index (χ4v) is 10.7. The number of ether oxygens (including phenoxy) is 3. The molecule has 0 radical (unpaired) electrons. The lowest BCUT2D eigenvalue weighted by Crippen LogP contribution is -2.16. The van der Waals surface area contributed by atoms with E-state index in [0.717, 1.165) is 88.6 Å². The minimum Gasteiger partial charge on any atom is -0.493 e. The number of rotatable bonds is 36. The van der Waals surface area contributed by atoms with Crippen LogP contribution in [0.25, 0.3) is 0 Å². The molecule has 0 aromatic heterocycles. The van der Waals surface area contributed by atoms with Gasteiger partial charge in [0.05, 0.1) is 36.5 Å². The van der Waals surface area contributed by atoms with Crippen LogP contribution in [0.5, 0.6) is 17.2 Å². The van der Waals surface area contributed by atoms with Gasteiger partial charge in [0.1, 0.15) is 17.2 Å². The van der Waals surface area contributed by atoms with E-state index in [2.05, 4.69) is 83.1 Å². The van der Waals surface area contributed by atoms with E-state index >= 15 is 0 Å².